The summed E-state index contributed by atoms with van der Waals surface area (Å²) >= 11 is 0. The molecule has 0 bridgehead atoms. The topological polar surface area (TPSA) is 34.1 Å². The number of carbonyl (C=O) groups is 2. The average molecular weight is 173 g/mol. The largest absolute Gasteiger partial charge is 0.306 e. The Morgan fingerprint density at radius 2 is 1.31 bits per heavy atom. The van der Waals surface area contributed by atoms with E-state index in [1.165, 1.54) is 0 Å². The summed E-state index contributed by atoms with van der Waals surface area (Å²) in [6.07, 6.45) is 0. The van der Waals surface area contributed by atoms with Crippen molar-refractivity contribution < 1.29 is 9.59 Å². The van der Waals surface area contributed by atoms with Crippen molar-refractivity contribution in [2.75, 3.05) is 0 Å². The first-order valence-electron chi connectivity index (χ1n) is 4.31. The molecule has 2 rings (SSSR count). The van der Waals surface area contributed by atoms with Gasteiger partial charge in [-0.3, -0.25) is 0 Å². The molecule has 0 fully saturated rings. The molecule has 0 saturated carbocycles. The zero-order valence-electron chi connectivity index (χ0n) is 7.70. The average Bonchev–Trinajstić information content (AvgIpc) is 2.47. The third-order valence-electron chi connectivity index (χ3n) is 1.72. The summed E-state index contributed by atoms with van der Waals surface area (Å²) in [5.74, 6) is 0. The van der Waals surface area contributed by atoms with Gasteiger partial charge in [-0.15, -0.1) is 0 Å². The molecule has 0 amide bonds. The quantitative estimate of drug-likeness (QED) is 0.559. The highest BCUT2D eigenvalue weighted by Crippen LogP contribution is 2.15. The predicted octanol–water partition coefficient (Wildman–Crippen LogP) is 1.71. The van der Waals surface area contributed by atoms with Crippen molar-refractivity contribution in [3.8, 4) is 0 Å². The molecule has 0 saturated heterocycles. The number of fused-ring (bicyclic) bond motifs is 1. The van der Waals surface area contributed by atoms with Gasteiger partial charge in [0.05, 0.1) is 0 Å². The zero-order valence-corrected chi connectivity index (χ0v) is 7.70. The first kappa shape index (κ1) is 9.71. The van der Waals surface area contributed by atoms with Gasteiger partial charge in [-0.1, -0.05) is 38.1 Å². The Hall–Kier alpha value is -1.38. The van der Waals surface area contributed by atoms with Crippen LogP contribution in [-0.2, 0) is 0 Å². The SMILES string of the molecule is CC.O=C1[B]C(=O)c2ccccc21. The second-order valence-electron chi connectivity index (χ2n) is 2.42. The van der Waals surface area contributed by atoms with Crippen molar-refractivity contribution in [3.05, 3.63) is 35.4 Å². The van der Waals surface area contributed by atoms with Crippen LogP contribution in [0.2, 0.25) is 0 Å². The van der Waals surface area contributed by atoms with E-state index in [9.17, 15) is 9.59 Å². The van der Waals surface area contributed by atoms with Gasteiger partial charge in [0.25, 0.3) is 0 Å². The molecule has 0 unspecified atom stereocenters. The van der Waals surface area contributed by atoms with E-state index in [4.69, 9.17) is 0 Å². The van der Waals surface area contributed by atoms with E-state index in [2.05, 4.69) is 0 Å². The lowest BCUT2D eigenvalue weighted by Crippen LogP contribution is -2.07. The van der Waals surface area contributed by atoms with Crippen molar-refractivity contribution in [2.45, 2.75) is 13.8 Å². The summed E-state index contributed by atoms with van der Waals surface area (Å²) in [5.41, 5.74) is 0.700. The zero-order chi connectivity index (χ0) is 9.84. The number of hydrogen-bond acceptors (Lipinski definition) is 2. The lowest BCUT2D eigenvalue weighted by atomic mass is 9.73. The Balaban J connectivity index is 0.000000396. The Morgan fingerprint density at radius 3 is 1.69 bits per heavy atom. The van der Waals surface area contributed by atoms with Crippen LogP contribution in [0.3, 0.4) is 0 Å². The summed E-state index contributed by atoms with van der Waals surface area (Å²) < 4.78 is 0. The van der Waals surface area contributed by atoms with Crippen LogP contribution < -0.4 is 0 Å². The molecule has 1 aliphatic rings. The molecule has 0 spiro atoms. The molecule has 1 aliphatic heterocycles. The number of rotatable bonds is 0. The standard InChI is InChI=1S/C8H4BO2.C2H6/c10-7-5-3-1-2-4-6(5)8(11)9-7;1-2/h1-4H;1-2H3. The van der Waals surface area contributed by atoms with Gasteiger partial charge in [0.1, 0.15) is 11.4 Å². The van der Waals surface area contributed by atoms with Crippen LogP contribution >= 0.6 is 0 Å². The summed E-state index contributed by atoms with van der Waals surface area (Å²) in [5, 5.41) is 0. The maximum absolute atomic E-state index is 11.0. The van der Waals surface area contributed by atoms with Gasteiger partial charge in [0.15, 0.2) is 0 Å². The second-order valence-corrected chi connectivity index (χ2v) is 2.42. The van der Waals surface area contributed by atoms with E-state index < -0.39 is 0 Å². The molecule has 0 aromatic heterocycles. The molecule has 1 aromatic rings. The van der Waals surface area contributed by atoms with Crippen LogP contribution in [0.15, 0.2) is 24.3 Å². The highest BCUT2D eigenvalue weighted by atomic mass is 16.1. The van der Waals surface area contributed by atoms with Crippen LogP contribution in [0.1, 0.15) is 34.6 Å². The van der Waals surface area contributed by atoms with Crippen LogP contribution in [-0.4, -0.2) is 18.6 Å². The van der Waals surface area contributed by atoms with E-state index >= 15 is 0 Å². The summed E-state index contributed by atoms with van der Waals surface area (Å²) in [7, 11) is 1.13. The molecule has 0 aliphatic carbocycles. The Bertz CT molecular complexity index is 312. The van der Waals surface area contributed by atoms with Gasteiger partial charge in [-0.2, -0.15) is 0 Å². The van der Waals surface area contributed by atoms with E-state index in [-0.39, 0.29) is 11.4 Å². The summed E-state index contributed by atoms with van der Waals surface area (Å²) in [6.45, 7) is 4.00. The normalized spacial score (nSPS) is 12.8. The fourth-order valence-electron chi connectivity index (χ4n) is 1.19. The van der Waals surface area contributed by atoms with Gasteiger partial charge in [-0.05, 0) is 0 Å². The van der Waals surface area contributed by atoms with E-state index in [1.807, 2.05) is 13.8 Å². The minimum absolute atomic E-state index is 0.175. The van der Waals surface area contributed by atoms with Gasteiger partial charge in [-0.25, -0.2) is 0 Å². The van der Waals surface area contributed by atoms with Crippen LogP contribution in [0.4, 0.5) is 0 Å². The molecule has 3 heteroatoms. The second kappa shape index (κ2) is 4.03. The molecule has 2 nitrogen and oxygen atoms in total. The molecular formula is C10H10BO2. The predicted molar refractivity (Wildman–Crippen MR) is 52.2 cm³/mol. The van der Waals surface area contributed by atoms with Crippen LogP contribution in [0, 0.1) is 0 Å². The number of benzene rings is 1. The van der Waals surface area contributed by atoms with Gasteiger partial charge in [0, 0.05) is 11.1 Å². The smallest absolute Gasteiger partial charge is 0.304 e. The van der Waals surface area contributed by atoms with Crippen LogP contribution in [0.25, 0.3) is 0 Å². The van der Waals surface area contributed by atoms with E-state index in [1.54, 1.807) is 24.3 Å². The first-order valence-corrected chi connectivity index (χ1v) is 4.31. The highest BCUT2D eigenvalue weighted by Gasteiger charge is 2.27. The fourth-order valence-corrected chi connectivity index (χ4v) is 1.19. The van der Waals surface area contributed by atoms with Crippen molar-refractivity contribution in [3.63, 3.8) is 0 Å². The third-order valence-corrected chi connectivity index (χ3v) is 1.72. The maximum atomic E-state index is 11.0. The van der Waals surface area contributed by atoms with Crippen molar-refractivity contribution in [1.29, 1.82) is 0 Å². The molecular weight excluding hydrogens is 163 g/mol. The monoisotopic (exact) mass is 173 g/mol. The molecule has 0 N–H and O–H groups in total. The maximum Gasteiger partial charge on any atom is 0.304 e. The Labute approximate surface area is 78.2 Å². The molecule has 65 valence electrons. The minimum Gasteiger partial charge on any atom is -0.306 e. The third kappa shape index (κ3) is 1.69. The van der Waals surface area contributed by atoms with Crippen molar-refractivity contribution in [1.82, 2.24) is 0 Å². The van der Waals surface area contributed by atoms with Crippen molar-refractivity contribution in [2.24, 2.45) is 0 Å². The summed E-state index contributed by atoms with van der Waals surface area (Å²) in [6, 6.07) is 6.84. The number of carbonyl (C=O) groups excluding carboxylic acids is 2. The molecule has 0 atom stereocenters. The van der Waals surface area contributed by atoms with E-state index in [0.717, 1.165) is 7.28 Å². The van der Waals surface area contributed by atoms with Gasteiger partial charge in [0.2, 0.25) is 0 Å². The van der Waals surface area contributed by atoms with Gasteiger partial charge >= 0.3 is 7.28 Å². The lowest BCUT2D eigenvalue weighted by Gasteiger charge is -1.92. The molecule has 1 radical (unpaired) electrons. The Morgan fingerprint density at radius 1 is 0.923 bits per heavy atom. The lowest BCUT2D eigenvalue weighted by molar-refractivity contribution is 0.106. The van der Waals surface area contributed by atoms with Crippen LogP contribution in [0.5, 0.6) is 0 Å². The number of hydrogen-bond donors (Lipinski definition) is 0. The van der Waals surface area contributed by atoms with Crippen molar-refractivity contribution >= 4 is 18.6 Å². The highest BCUT2D eigenvalue weighted by molar-refractivity contribution is 7.04. The Kier molecular flexibility index (Phi) is 3.01. The molecule has 1 aromatic carbocycles. The molecule has 1 heterocycles. The molecule has 13 heavy (non-hydrogen) atoms. The van der Waals surface area contributed by atoms with E-state index in [0.29, 0.717) is 11.1 Å². The minimum atomic E-state index is -0.175. The summed E-state index contributed by atoms with van der Waals surface area (Å²) in [4.78, 5) is 22.0. The van der Waals surface area contributed by atoms with Gasteiger partial charge < -0.3 is 9.59 Å². The first-order chi connectivity index (χ1) is 6.29. The fraction of sp³-hybridized carbons (Fsp3) is 0.200.